The molecule has 0 radical (unpaired) electrons. The van der Waals surface area contributed by atoms with Crippen LogP contribution in [-0.4, -0.2) is 42.0 Å². The van der Waals surface area contributed by atoms with E-state index in [4.69, 9.17) is 0 Å². The van der Waals surface area contributed by atoms with Crippen LogP contribution in [0.2, 0.25) is 0 Å². The molecule has 4 heteroatoms. The first-order valence-corrected chi connectivity index (χ1v) is 14.0. The monoisotopic (exact) mass is 487 g/mol. The van der Waals surface area contributed by atoms with Gasteiger partial charge < -0.3 is 15.2 Å². The van der Waals surface area contributed by atoms with Crippen LogP contribution in [0.4, 0.5) is 0 Å². The van der Waals surface area contributed by atoms with Crippen LogP contribution in [-0.2, 0) is 4.79 Å². The van der Waals surface area contributed by atoms with Crippen LogP contribution in [0, 0.1) is 5.92 Å². The van der Waals surface area contributed by atoms with Crippen molar-refractivity contribution >= 4 is 22.4 Å². The second kappa shape index (κ2) is 12.1. The lowest BCUT2D eigenvalue weighted by Crippen LogP contribution is -2.38. The lowest BCUT2D eigenvalue weighted by atomic mass is 9.87. The molecule has 4 rings (SSSR count). The Kier molecular flexibility index (Phi) is 8.90. The maximum Gasteiger partial charge on any atom is 0.222 e. The first-order chi connectivity index (χ1) is 17.4. The van der Waals surface area contributed by atoms with Crippen LogP contribution in [0.1, 0.15) is 94.9 Å². The summed E-state index contributed by atoms with van der Waals surface area (Å²) in [5.74, 6) is 2.00. The van der Waals surface area contributed by atoms with Crippen molar-refractivity contribution in [3.05, 3.63) is 65.4 Å². The number of fused-ring (bicyclic) bond motifs is 1. The lowest BCUT2D eigenvalue weighted by Gasteiger charge is -2.33. The lowest BCUT2D eigenvalue weighted by molar-refractivity contribution is -0.132. The molecule has 194 valence electrons. The third-order valence-electron chi connectivity index (χ3n) is 8.02. The molecule has 4 nitrogen and oxygen atoms in total. The van der Waals surface area contributed by atoms with Crippen molar-refractivity contribution in [1.82, 2.24) is 15.2 Å². The Balaban J connectivity index is 1.47. The van der Waals surface area contributed by atoms with Gasteiger partial charge in [0.15, 0.2) is 0 Å². The van der Waals surface area contributed by atoms with Gasteiger partial charge in [0.1, 0.15) is 0 Å². The number of benzene rings is 1. The summed E-state index contributed by atoms with van der Waals surface area (Å²) in [5, 5.41) is 4.75. The van der Waals surface area contributed by atoms with Gasteiger partial charge in [0, 0.05) is 36.1 Å². The van der Waals surface area contributed by atoms with E-state index in [0.717, 1.165) is 63.4 Å². The third-order valence-corrected chi connectivity index (χ3v) is 8.02. The summed E-state index contributed by atoms with van der Waals surface area (Å²) in [4.78, 5) is 18.7. The maximum absolute atomic E-state index is 12.9. The number of piperidine rings is 2. The molecule has 2 N–H and O–H groups in total. The Morgan fingerprint density at radius 2 is 1.89 bits per heavy atom. The summed E-state index contributed by atoms with van der Waals surface area (Å²) in [6.07, 6.45) is 12.7. The van der Waals surface area contributed by atoms with E-state index in [2.05, 4.69) is 79.0 Å². The van der Waals surface area contributed by atoms with Crippen LogP contribution in [0.15, 0.2) is 48.6 Å². The highest BCUT2D eigenvalue weighted by Crippen LogP contribution is 2.37. The van der Waals surface area contributed by atoms with Crippen LogP contribution < -0.4 is 5.32 Å². The molecule has 2 fully saturated rings. The molecule has 0 atom stereocenters. The van der Waals surface area contributed by atoms with E-state index < -0.39 is 0 Å². The quantitative estimate of drug-likeness (QED) is 0.383. The molecule has 1 amide bonds. The van der Waals surface area contributed by atoms with Crippen molar-refractivity contribution in [2.24, 2.45) is 5.92 Å². The zero-order valence-corrected chi connectivity index (χ0v) is 22.8. The number of nitrogens with zero attached hydrogens (tertiary/aromatic N) is 1. The Hall–Kier alpha value is -2.59. The third kappa shape index (κ3) is 6.21. The number of hydrogen-bond donors (Lipinski definition) is 2. The van der Waals surface area contributed by atoms with E-state index in [1.165, 1.54) is 46.1 Å². The summed E-state index contributed by atoms with van der Waals surface area (Å²) in [5.41, 5.74) is 7.42. The molecular weight excluding hydrogens is 442 g/mol. The highest BCUT2D eigenvalue weighted by molar-refractivity contribution is 5.92. The number of carbonyl (C=O) groups is 1. The Morgan fingerprint density at radius 3 is 2.53 bits per heavy atom. The molecule has 0 unspecified atom stereocenters. The van der Waals surface area contributed by atoms with E-state index in [1.807, 2.05) is 6.92 Å². The predicted octanol–water partition coefficient (Wildman–Crippen LogP) is 7.31. The zero-order chi connectivity index (χ0) is 25.7. The van der Waals surface area contributed by atoms with Gasteiger partial charge in [0.05, 0.1) is 0 Å². The largest absolute Gasteiger partial charge is 0.354 e. The molecule has 0 spiro atoms. The average molecular weight is 488 g/mol. The molecule has 0 saturated carbocycles. The van der Waals surface area contributed by atoms with Crippen molar-refractivity contribution in [3.8, 4) is 0 Å². The van der Waals surface area contributed by atoms with Crippen LogP contribution in [0.25, 0.3) is 16.5 Å². The van der Waals surface area contributed by atoms with Gasteiger partial charge in [-0.3, -0.25) is 4.79 Å². The standard InChI is InChI=1S/C32H45N3O/c1-6-7-27(20-22(2)3)32-31(23(4)5)28-21-26(9-10-29(28)34-32)25-14-18-35(19-15-25)30(36)11-8-24-12-16-33-17-13-24/h6-7,9-10,20-21,23-25,33-34H,2,8,11-19H2,1,3-5H3/b7-6-,27-20+. The molecule has 0 bridgehead atoms. The SMILES string of the molecule is C=C(C)/C=C(\C=C/C)c1[nH]c2ccc(C3CCN(C(=O)CCC4CCNCC4)CC3)cc2c1C(C)C. The number of carbonyl (C=O) groups excluding carboxylic acids is 1. The summed E-state index contributed by atoms with van der Waals surface area (Å²) >= 11 is 0. The van der Waals surface area contributed by atoms with E-state index in [-0.39, 0.29) is 0 Å². The number of hydrogen-bond acceptors (Lipinski definition) is 2. The average Bonchev–Trinajstić information content (AvgIpc) is 3.26. The molecule has 2 aliphatic rings. The van der Waals surface area contributed by atoms with Gasteiger partial charge in [-0.2, -0.15) is 0 Å². The smallest absolute Gasteiger partial charge is 0.222 e. The van der Waals surface area contributed by atoms with E-state index in [1.54, 1.807) is 0 Å². The van der Waals surface area contributed by atoms with Crippen LogP contribution >= 0.6 is 0 Å². The number of aromatic nitrogens is 1. The molecule has 1 aromatic carbocycles. The summed E-state index contributed by atoms with van der Waals surface area (Å²) in [6.45, 7) is 16.8. The molecule has 2 aliphatic heterocycles. The maximum atomic E-state index is 12.9. The normalized spacial score (nSPS) is 18.6. The molecule has 36 heavy (non-hydrogen) atoms. The fourth-order valence-corrected chi connectivity index (χ4v) is 6.08. The van der Waals surface area contributed by atoms with Gasteiger partial charge in [-0.25, -0.2) is 0 Å². The second-order valence-electron chi connectivity index (χ2n) is 11.2. The van der Waals surface area contributed by atoms with Gasteiger partial charge in [0.25, 0.3) is 0 Å². The topological polar surface area (TPSA) is 48.1 Å². The number of aromatic amines is 1. The minimum atomic E-state index is 0.362. The molecule has 1 aromatic heterocycles. The van der Waals surface area contributed by atoms with Gasteiger partial charge in [-0.15, -0.1) is 0 Å². The highest BCUT2D eigenvalue weighted by atomic mass is 16.2. The van der Waals surface area contributed by atoms with Gasteiger partial charge in [-0.1, -0.05) is 50.3 Å². The number of nitrogens with one attached hydrogen (secondary N) is 2. The molecular formula is C32H45N3O. The summed E-state index contributed by atoms with van der Waals surface area (Å²) < 4.78 is 0. The van der Waals surface area contributed by atoms with Gasteiger partial charge >= 0.3 is 0 Å². The zero-order valence-electron chi connectivity index (χ0n) is 22.8. The Bertz CT molecular complexity index is 1120. The van der Waals surface area contributed by atoms with Gasteiger partial charge in [-0.05, 0) is 106 Å². The highest BCUT2D eigenvalue weighted by Gasteiger charge is 2.26. The molecule has 0 aliphatic carbocycles. The summed E-state index contributed by atoms with van der Waals surface area (Å²) in [7, 11) is 0. The minimum absolute atomic E-state index is 0.362. The van der Waals surface area contributed by atoms with Crippen molar-refractivity contribution in [3.63, 3.8) is 0 Å². The predicted molar refractivity (Wildman–Crippen MR) is 153 cm³/mol. The van der Waals surface area contributed by atoms with E-state index >= 15 is 0 Å². The molecule has 3 heterocycles. The van der Waals surface area contributed by atoms with E-state index in [0.29, 0.717) is 17.7 Å². The second-order valence-corrected chi connectivity index (χ2v) is 11.2. The number of allylic oxidation sites excluding steroid dienone is 5. The number of rotatable bonds is 8. The van der Waals surface area contributed by atoms with E-state index in [9.17, 15) is 4.79 Å². The first-order valence-electron chi connectivity index (χ1n) is 14.0. The number of H-pyrrole nitrogens is 1. The number of amides is 1. The number of likely N-dealkylation sites (tertiary alicyclic amines) is 1. The molecule has 2 saturated heterocycles. The first kappa shape index (κ1) is 26.5. The molecule has 2 aromatic rings. The minimum Gasteiger partial charge on any atom is -0.354 e. The van der Waals surface area contributed by atoms with Crippen LogP contribution in [0.5, 0.6) is 0 Å². The van der Waals surface area contributed by atoms with Crippen molar-refractivity contribution < 1.29 is 4.79 Å². The Labute approximate surface area is 217 Å². The van der Waals surface area contributed by atoms with Crippen molar-refractivity contribution in [2.75, 3.05) is 26.2 Å². The van der Waals surface area contributed by atoms with Gasteiger partial charge in [0.2, 0.25) is 5.91 Å². The van der Waals surface area contributed by atoms with Crippen LogP contribution in [0.3, 0.4) is 0 Å². The van der Waals surface area contributed by atoms with Crippen molar-refractivity contribution in [2.45, 2.75) is 78.1 Å². The Morgan fingerprint density at radius 1 is 1.17 bits per heavy atom. The fraction of sp³-hybridized carbons (Fsp3) is 0.531. The summed E-state index contributed by atoms with van der Waals surface area (Å²) in [6, 6.07) is 6.96. The van der Waals surface area contributed by atoms with Crippen molar-refractivity contribution in [1.29, 1.82) is 0 Å². The fourth-order valence-electron chi connectivity index (χ4n) is 6.08.